The lowest BCUT2D eigenvalue weighted by Crippen LogP contribution is -2.41. The highest BCUT2D eigenvalue weighted by atomic mass is 16.4. The van der Waals surface area contributed by atoms with Crippen molar-refractivity contribution in [2.75, 3.05) is 18.1 Å². The number of fused-ring (bicyclic) bond motifs is 3. The number of aryl methyl sites for hydroxylation is 3. The summed E-state index contributed by atoms with van der Waals surface area (Å²) in [6.45, 7) is 4.67. The van der Waals surface area contributed by atoms with E-state index in [2.05, 4.69) is 15.0 Å². The zero-order valence-corrected chi connectivity index (χ0v) is 20.4. The fourth-order valence-electron chi connectivity index (χ4n) is 5.79. The Bertz CT molecular complexity index is 1150. The summed E-state index contributed by atoms with van der Waals surface area (Å²) in [6.07, 6.45) is 9.62. The molecule has 0 bridgehead atoms. The number of rotatable bonds is 8. The summed E-state index contributed by atoms with van der Waals surface area (Å²) >= 11 is 0. The Labute approximate surface area is 205 Å². The fourth-order valence-corrected chi connectivity index (χ4v) is 5.79. The van der Waals surface area contributed by atoms with Crippen LogP contribution in [0, 0.1) is 5.92 Å². The number of amides is 1. The molecule has 1 atom stereocenters. The average Bonchev–Trinajstić information content (AvgIpc) is 3.50. The van der Waals surface area contributed by atoms with Gasteiger partial charge in [-0.2, -0.15) is 5.10 Å². The summed E-state index contributed by atoms with van der Waals surface area (Å²) < 4.78 is 4.22. The van der Waals surface area contributed by atoms with Gasteiger partial charge in [-0.25, -0.2) is 9.78 Å². The molecule has 0 unspecified atom stereocenters. The molecule has 1 fully saturated rings. The van der Waals surface area contributed by atoms with Crippen molar-refractivity contribution in [3.05, 3.63) is 42.0 Å². The van der Waals surface area contributed by atoms with Gasteiger partial charge in [0, 0.05) is 62.7 Å². The molecule has 2 aromatic heterocycles. The maximum absolute atomic E-state index is 12.0. The Balaban J connectivity index is 1.40. The molecule has 1 aliphatic carbocycles. The number of hydrogen-bond donors (Lipinski definition) is 3. The van der Waals surface area contributed by atoms with Crippen LogP contribution in [-0.4, -0.2) is 60.9 Å². The summed E-state index contributed by atoms with van der Waals surface area (Å²) in [5, 5.41) is 27.3. The van der Waals surface area contributed by atoms with Crippen molar-refractivity contribution < 1.29 is 15.0 Å². The molecule has 5 rings (SSSR count). The number of carbonyl (C=O) groups is 1. The molecule has 1 saturated carbocycles. The van der Waals surface area contributed by atoms with Crippen molar-refractivity contribution in [2.24, 2.45) is 5.92 Å². The second-order valence-electron chi connectivity index (χ2n) is 10.0. The summed E-state index contributed by atoms with van der Waals surface area (Å²) in [7, 11) is 0. The van der Waals surface area contributed by atoms with Gasteiger partial charge in [-0.15, -0.1) is 0 Å². The quantitative estimate of drug-likeness (QED) is 0.456. The van der Waals surface area contributed by atoms with Crippen molar-refractivity contribution >= 4 is 22.8 Å². The van der Waals surface area contributed by atoms with Crippen molar-refractivity contribution in [1.82, 2.24) is 24.6 Å². The lowest BCUT2D eigenvalue weighted by Gasteiger charge is -2.33. The van der Waals surface area contributed by atoms with Gasteiger partial charge in [-0.3, -0.25) is 9.58 Å². The maximum atomic E-state index is 12.0. The Hall–Kier alpha value is -2.91. The minimum Gasteiger partial charge on any atom is -0.465 e. The average molecular weight is 481 g/mol. The van der Waals surface area contributed by atoms with Gasteiger partial charge in [0.1, 0.15) is 5.82 Å². The largest absolute Gasteiger partial charge is 0.465 e. The monoisotopic (exact) mass is 480 g/mol. The van der Waals surface area contributed by atoms with E-state index in [1.165, 1.54) is 4.90 Å². The van der Waals surface area contributed by atoms with Gasteiger partial charge in [0.2, 0.25) is 0 Å². The third kappa shape index (κ3) is 4.92. The highest BCUT2D eigenvalue weighted by Crippen LogP contribution is 2.36. The molecule has 188 valence electrons. The van der Waals surface area contributed by atoms with Crippen molar-refractivity contribution in [3.8, 4) is 0 Å². The van der Waals surface area contributed by atoms with Crippen LogP contribution in [-0.2, 0) is 25.9 Å². The molecule has 3 heterocycles. The lowest BCUT2D eigenvalue weighted by molar-refractivity contribution is 0.175. The van der Waals surface area contributed by atoms with E-state index < -0.39 is 6.09 Å². The van der Waals surface area contributed by atoms with Gasteiger partial charge in [-0.05, 0) is 69.6 Å². The van der Waals surface area contributed by atoms with E-state index in [0.717, 1.165) is 92.7 Å². The summed E-state index contributed by atoms with van der Waals surface area (Å²) in [4.78, 5) is 18.5. The van der Waals surface area contributed by atoms with Gasteiger partial charge < -0.3 is 20.1 Å². The molecule has 2 aliphatic rings. The molecule has 35 heavy (non-hydrogen) atoms. The number of hydrogen-bond acceptors (Lipinski definition) is 5. The van der Waals surface area contributed by atoms with E-state index in [4.69, 9.17) is 4.98 Å². The highest BCUT2D eigenvalue weighted by Gasteiger charge is 2.30. The first kappa shape index (κ1) is 23.8. The predicted octanol–water partition coefficient (Wildman–Crippen LogP) is 3.44. The number of aliphatic hydroxyl groups excluding tert-OH is 1. The van der Waals surface area contributed by atoms with Crippen LogP contribution in [0.4, 0.5) is 10.5 Å². The Kier molecular flexibility index (Phi) is 7.06. The molecule has 9 nitrogen and oxygen atoms in total. The summed E-state index contributed by atoms with van der Waals surface area (Å²) in [6, 6.07) is 6.39. The topological polar surface area (TPSA) is 108 Å². The number of nitrogens with zero attached hydrogens (tertiary/aromatic N) is 5. The van der Waals surface area contributed by atoms with Gasteiger partial charge >= 0.3 is 6.09 Å². The number of aliphatic hydroxyl groups is 1. The first-order valence-corrected chi connectivity index (χ1v) is 12.9. The molecule has 0 spiro atoms. The minimum atomic E-state index is -0.906. The predicted molar refractivity (Wildman–Crippen MR) is 135 cm³/mol. The van der Waals surface area contributed by atoms with E-state index in [0.29, 0.717) is 18.6 Å². The van der Waals surface area contributed by atoms with Crippen LogP contribution in [0.2, 0.25) is 0 Å². The number of anilines is 1. The first-order valence-electron chi connectivity index (χ1n) is 12.9. The van der Waals surface area contributed by atoms with Crippen molar-refractivity contribution in [2.45, 2.75) is 77.0 Å². The first-order chi connectivity index (χ1) is 17.0. The van der Waals surface area contributed by atoms with Gasteiger partial charge in [-0.1, -0.05) is 0 Å². The smallest absolute Gasteiger partial charge is 0.412 e. The van der Waals surface area contributed by atoms with Crippen LogP contribution in [0.25, 0.3) is 11.0 Å². The van der Waals surface area contributed by atoms with Crippen molar-refractivity contribution in [3.63, 3.8) is 0 Å². The van der Waals surface area contributed by atoms with Gasteiger partial charge in [0.25, 0.3) is 0 Å². The van der Waals surface area contributed by atoms with Gasteiger partial charge in [0.05, 0.1) is 16.7 Å². The zero-order valence-electron chi connectivity index (χ0n) is 20.4. The molecule has 3 N–H and O–H groups in total. The van der Waals surface area contributed by atoms with E-state index in [9.17, 15) is 15.0 Å². The molecular weight excluding hydrogens is 444 g/mol. The van der Waals surface area contributed by atoms with E-state index >= 15 is 0 Å². The third-order valence-electron chi connectivity index (χ3n) is 7.80. The Morgan fingerprint density at radius 1 is 1.17 bits per heavy atom. The second-order valence-corrected chi connectivity index (χ2v) is 10.0. The van der Waals surface area contributed by atoms with E-state index in [1.54, 1.807) is 6.20 Å². The van der Waals surface area contributed by atoms with Crippen LogP contribution >= 0.6 is 0 Å². The van der Waals surface area contributed by atoms with Crippen molar-refractivity contribution in [1.29, 1.82) is 0 Å². The minimum absolute atomic E-state index is 0.0380. The molecule has 1 amide bonds. The van der Waals surface area contributed by atoms with E-state index in [-0.39, 0.29) is 6.04 Å². The zero-order chi connectivity index (χ0) is 24.4. The third-order valence-corrected chi connectivity index (χ3v) is 7.80. The molecular formula is C26H36N6O3. The van der Waals surface area contributed by atoms with Crippen LogP contribution in [0.5, 0.6) is 0 Å². The molecule has 0 radical (unpaired) electrons. The lowest BCUT2D eigenvalue weighted by atomic mass is 9.86. The normalized spacial score (nSPS) is 22.5. The van der Waals surface area contributed by atoms with Crippen LogP contribution in [0.3, 0.4) is 0 Å². The molecule has 3 aromatic rings. The molecule has 1 aliphatic heterocycles. The Morgan fingerprint density at radius 2 is 2.00 bits per heavy atom. The van der Waals surface area contributed by atoms with Crippen LogP contribution < -0.4 is 10.2 Å². The SMILES string of the molecule is C[C@H]1CCc2c(ccc3c2nc(CCn2cccn2)n3CCN[C@H]2CC[C@H](CO)CC2)N1C(=O)O. The summed E-state index contributed by atoms with van der Waals surface area (Å²) in [5.41, 5.74) is 3.81. The number of nitrogens with one attached hydrogen (secondary N) is 1. The number of aromatic nitrogens is 4. The number of carboxylic acid groups (broad SMARTS) is 1. The standard InChI is InChI=1S/C26H36N6O3/c1-18-3-8-21-22(32(18)26(34)35)9-10-23-25(21)29-24(11-15-30-14-2-12-28-30)31(23)16-13-27-20-6-4-19(17-33)5-7-20/h2,9-10,12,14,18-20,27,33H,3-8,11,13,15-17H2,1H3,(H,34,35)/t18-,19-,20-/m0/s1. The molecule has 9 heteroatoms. The van der Waals surface area contributed by atoms with Crippen LogP contribution in [0.1, 0.15) is 50.4 Å². The van der Waals surface area contributed by atoms with E-state index in [1.807, 2.05) is 36.0 Å². The Morgan fingerprint density at radius 3 is 2.71 bits per heavy atom. The number of imidazole rings is 1. The van der Waals surface area contributed by atoms with Crippen LogP contribution in [0.15, 0.2) is 30.6 Å². The highest BCUT2D eigenvalue weighted by molar-refractivity contribution is 5.94. The maximum Gasteiger partial charge on any atom is 0.412 e. The number of benzene rings is 1. The molecule has 1 aromatic carbocycles. The molecule has 0 saturated heterocycles. The fraction of sp³-hybridized carbons (Fsp3) is 0.577. The van der Waals surface area contributed by atoms with Gasteiger partial charge in [0.15, 0.2) is 0 Å². The summed E-state index contributed by atoms with van der Waals surface area (Å²) in [5.74, 6) is 1.47. The second kappa shape index (κ2) is 10.4.